The third-order valence-electron chi connectivity index (χ3n) is 3.35. The van der Waals surface area contributed by atoms with E-state index in [-0.39, 0.29) is 6.04 Å². The number of carboxylic acids is 1. The molecule has 0 aromatic heterocycles. The maximum Gasteiger partial charge on any atom is 0.320 e. The van der Waals surface area contributed by atoms with Crippen molar-refractivity contribution in [2.24, 2.45) is 0 Å². The van der Waals surface area contributed by atoms with Gasteiger partial charge >= 0.3 is 5.97 Å². The van der Waals surface area contributed by atoms with Crippen LogP contribution in [0.5, 0.6) is 5.75 Å². The highest BCUT2D eigenvalue weighted by Gasteiger charge is 2.19. The number of carboxylic acid groups (broad SMARTS) is 1. The van der Waals surface area contributed by atoms with Crippen LogP contribution in [0.25, 0.3) is 0 Å². The van der Waals surface area contributed by atoms with Crippen LogP contribution in [0.3, 0.4) is 0 Å². The van der Waals surface area contributed by atoms with Crippen LogP contribution in [0.15, 0.2) is 24.3 Å². The molecule has 1 rings (SSSR count). The maximum absolute atomic E-state index is 11.2. The Hall–Kier alpha value is -1.55. The quantitative estimate of drug-likeness (QED) is 0.730. The summed E-state index contributed by atoms with van der Waals surface area (Å²) in [5.74, 6) is 0.0758. The van der Waals surface area contributed by atoms with Crippen molar-refractivity contribution >= 4 is 5.97 Å². The number of hydrogen-bond acceptors (Lipinski definition) is 3. The first-order valence-electron chi connectivity index (χ1n) is 7.19. The predicted octanol–water partition coefficient (Wildman–Crippen LogP) is 2.86. The Labute approximate surface area is 121 Å². The Morgan fingerprint density at radius 1 is 1.40 bits per heavy atom. The van der Waals surface area contributed by atoms with Gasteiger partial charge in [-0.1, -0.05) is 38.0 Å². The van der Waals surface area contributed by atoms with Gasteiger partial charge in [-0.3, -0.25) is 4.79 Å². The summed E-state index contributed by atoms with van der Waals surface area (Å²) in [6.45, 7) is 4.07. The molecule has 0 spiro atoms. The molecule has 4 heteroatoms. The number of ether oxygens (including phenoxy) is 1. The van der Waals surface area contributed by atoms with Gasteiger partial charge in [-0.15, -0.1) is 0 Å². The molecular weight excluding hydrogens is 254 g/mol. The summed E-state index contributed by atoms with van der Waals surface area (Å²) in [5.41, 5.74) is 1.09. The van der Waals surface area contributed by atoms with E-state index in [1.165, 1.54) is 0 Å². The number of methoxy groups -OCH3 is 1. The van der Waals surface area contributed by atoms with Crippen LogP contribution in [0, 0.1) is 0 Å². The van der Waals surface area contributed by atoms with E-state index in [4.69, 9.17) is 4.74 Å². The fourth-order valence-electron chi connectivity index (χ4n) is 2.29. The summed E-state index contributed by atoms with van der Waals surface area (Å²) in [4.78, 5) is 11.2. The van der Waals surface area contributed by atoms with Gasteiger partial charge in [0.15, 0.2) is 0 Å². The zero-order valence-electron chi connectivity index (χ0n) is 12.6. The fourth-order valence-corrected chi connectivity index (χ4v) is 2.29. The highest BCUT2D eigenvalue weighted by atomic mass is 16.5. The number of hydrogen-bond donors (Lipinski definition) is 2. The molecule has 0 bridgehead atoms. The molecule has 4 nitrogen and oxygen atoms in total. The molecular formula is C16H25NO3. The normalized spacial score (nSPS) is 13.8. The molecule has 0 aliphatic carbocycles. The van der Waals surface area contributed by atoms with Gasteiger partial charge in [0.25, 0.3) is 0 Å². The van der Waals surface area contributed by atoms with Crippen LogP contribution >= 0.6 is 0 Å². The average molecular weight is 279 g/mol. The molecule has 0 saturated heterocycles. The zero-order chi connectivity index (χ0) is 15.0. The van der Waals surface area contributed by atoms with Crippen molar-refractivity contribution < 1.29 is 14.6 Å². The average Bonchev–Trinajstić information content (AvgIpc) is 2.43. The van der Waals surface area contributed by atoms with E-state index in [0.29, 0.717) is 6.42 Å². The molecule has 2 atom stereocenters. The predicted molar refractivity (Wildman–Crippen MR) is 80.2 cm³/mol. The summed E-state index contributed by atoms with van der Waals surface area (Å²) in [6, 6.07) is 7.45. The number of carbonyl (C=O) groups is 1. The van der Waals surface area contributed by atoms with E-state index in [1.807, 2.05) is 31.2 Å². The minimum atomic E-state index is -0.773. The molecule has 112 valence electrons. The van der Waals surface area contributed by atoms with Gasteiger partial charge in [0.05, 0.1) is 7.11 Å². The standard InChI is InChI=1S/C16H25NO3/c1-4-5-9-14(16(18)19)17-12(2)11-13-8-6-7-10-15(13)20-3/h6-8,10,12,14,17H,4-5,9,11H2,1-3H3,(H,18,19). The fraction of sp³-hybridized carbons (Fsp3) is 0.562. The van der Waals surface area contributed by atoms with Gasteiger partial charge in [0.2, 0.25) is 0 Å². The SMILES string of the molecule is CCCCC(NC(C)Cc1ccccc1OC)C(=O)O. The molecule has 1 aromatic carbocycles. The largest absolute Gasteiger partial charge is 0.496 e. The smallest absolute Gasteiger partial charge is 0.320 e. The first-order chi connectivity index (χ1) is 9.58. The van der Waals surface area contributed by atoms with Crippen LogP contribution in [0.2, 0.25) is 0 Å². The van der Waals surface area contributed by atoms with Gasteiger partial charge in [-0.2, -0.15) is 0 Å². The summed E-state index contributed by atoms with van der Waals surface area (Å²) >= 11 is 0. The number of unbranched alkanes of at least 4 members (excludes halogenated alkanes) is 1. The molecule has 0 aliphatic rings. The first-order valence-corrected chi connectivity index (χ1v) is 7.19. The summed E-state index contributed by atoms with van der Waals surface area (Å²) in [7, 11) is 1.65. The molecule has 1 aromatic rings. The van der Waals surface area contributed by atoms with E-state index in [1.54, 1.807) is 7.11 Å². The van der Waals surface area contributed by atoms with Crippen LogP contribution in [-0.4, -0.2) is 30.3 Å². The highest BCUT2D eigenvalue weighted by molar-refractivity contribution is 5.73. The summed E-state index contributed by atoms with van der Waals surface area (Å²) < 4.78 is 5.32. The molecule has 0 aliphatic heterocycles. The Bertz CT molecular complexity index is 420. The second kappa shape index (κ2) is 8.59. The lowest BCUT2D eigenvalue weighted by Gasteiger charge is -2.21. The minimum absolute atomic E-state index is 0.0873. The first kappa shape index (κ1) is 16.5. The maximum atomic E-state index is 11.2. The lowest BCUT2D eigenvalue weighted by Crippen LogP contribution is -2.43. The van der Waals surface area contributed by atoms with E-state index < -0.39 is 12.0 Å². The van der Waals surface area contributed by atoms with Gasteiger partial charge in [-0.25, -0.2) is 0 Å². The van der Waals surface area contributed by atoms with Crippen LogP contribution in [0.1, 0.15) is 38.7 Å². The monoisotopic (exact) mass is 279 g/mol. The Balaban J connectivity index is 2.60. The molecule has 0 saturated carbocycles. The topological polar surface area (TPSA) is 58.6 Å². The van der Waals surface area contributed by atoms with Crippen LogP contribution in [-0.2, 0) is 11.2 Å². The molecule has 0 heterocycles. The molecule has 0 radical (unpaired) electrons. The Morgan fingerprint density at radius 2 is 2.10 bits per heavy atom. The minimum Gasteiger partial charge on any atom is -0.496 e. The lowest BCUT2D eigenvalue weighted by atomic mass is 10.0. The number of aliphatic carboxylic acids is 1. The van der Waals surface area contributed by atoms with Crippen molar-refractivity contribution in [2.75, 3.05) is 7.11 Å². The Kier molecular flexibility index (Phi) is 7.09. The Morgan fingerprint density at radius 3 is 2.70 bits per heavy atom. The third-order valence-corrected chi connectivity index (χ3v) is 3.35. The molecule has 2 N–H and O–H groups in total. The molecule has 0 amide bonds. The number of benzene rings is 1. The van der Waals surface area contributed by atoms with Crippen LogP contribution in [0.4, 0.5) is 0 Å². The second-order valence-corrected chi connectivity index (χ2v) is 5.12. The second-order valence-electron chi connectivity index (χ2n) is 5.12. The van der Waals surface area contributed by atoms with Gasteiger partial charge in [0, 0.05) is 6.04 Å². The van der Waals surface area contributed by atoms with Gasteiger partial charge in [0.1, 0.15) is 11.8 Å². The number of para-hydroxylation sites is 1. The van der Waals surface area contributed by atoms with E-state index in [9.17, 15) is 9.90 Å². The van der Waals surface area contributed by atoms with E-state index >= 15 is 0 Å². The third kappa shape index (κ3) is 5.21. The van der Waals surface area contributed by atoms with E-state index in [0.717, 1.165) is 30.6 Å². The molecule has 20 heavy (non-hydrogen) atoms. The van der Waals surface area contributed by atoms with E-state index in [2.05, 4.69) is 12.2 Å². The van der Waals surface area contributed by atoms with Crippen LogP contribution < -0.4 is 10.1 Å². The molecule has 2 unspecified atom stereocenters. The van der Waals surface area contributed by atoms with Crippen molar-refractivity contribution in [3.63, 3.8) is 0 Å². The van der Waals surface area contributed by atoms with Crippen molar-refractivity contribution in [2.45, 2.75) is 51.6 Å². The number of rotatable bonds is 9. The van der Waals surface area contributed by atoms with Crippen molar-refractivity contribution in [1.29, 1.82) is 0 Å². The van der Waals surface area contributed by atoms with Crippen molar-refractivity contribution in [3.05, 3.63) is 29.8 Å². The lowest BCUT2D eigenvalue weighted by molar-refractivity contribution is -0.139. The zero-order valence-corrected chi connectivity index (χ0v) is 12.6. The van der Waals surface area contributed by atoms with Crippen molar-refractivity contribution in [3.8, 4) is 5.75 Å². The van der Waals surface area contributed by atoms with Gasteiger partial charge < -0.3 is 15.2 Å². The summed E-state index contributed by atoms with van der Waals surface area (Å²) in [5, 5.41) is 12.4. The number of nitrogens with one attached hydrogen (secondary N) is 1. The van der Waals surface area contributed by atoms with Crippen molar-refractivity contribution in [1.82, 2.24) is 5.32 Å². The highest BCUT2D eigenvalue weighted by Crippen LogP contribution is 2.19. The molecule has 0 fully saturated rings. The van der Waals surface area contributed by atoms with Gasteiger partial charge in [-0.05, 0) is 31.4 Å². The summed E-state index contributed by atoms with van der Waals surface area (Å²) in [6.07, 6.45) is 3.35.